The minimum atomic E-state index is 0.198. The van der Waals surface area contributed by atoms with Crippen molar-refractivity contribution >= 4 is 17.6 Å². The normalized spacial score (nSPS) is 9.78. The summed E-state index contributed by atoms with van der Waals surface area (Å²) in [5.74, 6) is 0.989. The molecule has 0 unspecified atom stereocenters. The van der Waals surface area contributed by atoms with E-state index >= 15 is 0 Å². The highest BCUT2D eigenvalue weighted by Gasteiger charge is 2.05. The molecular formula is C12H10N4OS. The zero-order chi connectivity index (χ0) is 13.0. The van der Waals surface area contributed by atoms with Crippen molar-refractivity contribution in [1.29, 1.82) is 5.26 Å². The van der Waals surface area contributed by atoms with Gasteiger partial charge >= 0.3 is 0 Å². The van der Waals surface area contributed by atoms with Gasteiger partial charge in [0.2, 0.25) is 0 Å². The van der Waals surface area contributed by atoms with Crippen LogP contribution < -0.4 is 10.5 Å². The van der Waals surface area contributed by atoms with Crippen molar-refractivity contribution in [2.75, 3.05) is 12.8 Å². The number of nitrogens with two attached hydrogens (primary N) is 1. The quantitative estimate of drug-likeness (QED) is 0.848. The van der Waals surface area contributed by atoms with E-state index in [0.29, 0.717) is 5.16 Å². The average molecular weight is 258 g/mol. The van der Waals surface area contributed by atoms with Crippen molar-refractivity contribution in [3.63, 3.8) is 0 Å². The molecular weight excluding hydrogens is 248 g/mol. The third kappa shape index (κ3) is 2.70. The van der Waals surface area contributed by atoms with E-state index in [0.717, 1.165) is 10.6 Å². The van der Waals surface area contributed by atoms with Crippen LogP contribution in [0.2, 0.25) is 0 Å². The summed E-state index contributed by atoms with van der Waals surface area (Å²) in [7, 11) is 1.62. The molecule has 0 bridgehead atoms. The summed E-state index contributed by atoms with van der Waals surface area (Å²) in [5.41, 5.74) is 5.91. The van der Waals surface area contributed by atoms with E-state index in [1.807, 2.05) is 30.3 Å². The zero-order valence-corrected chi connectivity index (χ0v) is 10.4. The monoisotopic (exact) mass is 258 g/mol. The number of nitrogen functional groups attached to an aromatic ring is 1. The Hall–Kier alpha value is -2.26. The minimum absolute atomic E-state index is 0.198. The Balaban J connectivity index is 2.18. The van der Waals surface area contributed by atoms with E-state index in [1.54, 1.807) is 7.11 Å². The van der Waals surface area contributed by atoms with E-state index in [4.69, 9.17) is 15.7 Å². The SMILES string of the molecule is COc1ccc(Sc2ncc(C#N)c(N)n2)cc1. The molecule has 0 fully saturated rings. The standard InChI is InChI=1S/C12H10N4OS/c1-17-9-2-4-10(5-3-9)18-12-15-7-8(6-13)11(14)16-12/h2-5,7H,1H3,(H2,14,15,16). The first-order chi connectivity index (χ1) is 8.72. The van der Waals surface area contributed by atoms with Crippen LogP contribution in [0.15, 0.2) is 40.5 Å². The maximum atomic E-state index is 8.73. The molecule has 90 valence electrons. The summed E-state index contributed by atoms with van der Waals surface area (Å²) >= 11 is 1.37. The Morgan fingerprint density at radius 3 is 2.61 bits per heavy atom. The van der Waals surface area contributed by atoms with Crippen LogP contribution >= 0.6 is 11.8 Å². The number of anilines is 1. The number of nitrogens with zero attached hydrogens (tertiary/aromatic N) is 3. The molecule has 2 aromatic rings. The van der Waals surface area contributed by atoms with E-state index in [9.17, 15) is 0 Å². The lowest BCUT2D eigenvalue weighted by molar-refractivity contribution is 0.414. The Morgan fingerprint density at radius 1 is 1.33 bits per heavy atom. The van der Waals surface area contributed by atoms with Crippen LogP contribution in [-0.4, -0.2) is 17.1 Å². The van der Waals surface area contributed by atoms with Crippen LogP contribution in [-0.2, 0) is 0 Å². The highest BCUT2D eigenvalue weighted by Crippen LogP contribution is 2.27. The molecule has 6 heteroatoms. The number of ether oxygens (including phenoxy) is 1. The molecule has 0 aliphatic carbocycles. The van der Waals surface area contributed by atoms with E-state index < -0.39 is 0 Å². The molecule has 2 rings (SSSR count). The average Bonchev–Trinajstić information content (AvgIpc) is 2.40. The minimum Gasteiger partial charge on any atom is -0.497 e. The largest absolute Gasteiger partial charge is 0.497 e. The molecule has 1 heterocycles. The van der Waals surface area contributed by atoms with Gasteiger partial charge in [-0.15, -0.1) is 0 Å². The number of benzene rings is 1. The van der Waals surface area contributed by atoms with Crippen molar-refractivity contribution in [1.82, 2.24) is 9.97 Å². The van der Waals surface area contributed by atoms with Gasteiger partial charge in [0.1, 0.15) is 23.2 Å². The van der Waals surface area contributed by atoms with Crippen molar-refractivity contribution in [3.05, 3.63) is 36.0 Å². The number of nitriles is 1. The second-order valence-corrected chi connectivity index (χ2v) is 4.38. The van der Waals surface area contributed by atoms with Crippen molar-refractivity contribution in [3.8, 4) is 11.8 Å². The third-order valence-electron chi connectivity index (χ3n) is 2.19. The van der Waals surface area contributed by atoms with Gasteiger partial charge < -0.3 is 10.5 Å². The van der Waals surface area contributed by atoms with Gasteiger partial charge in [0.15, 0.2) is 5.16 Å². The van der Waals surface area contributed by atoms with Gasteiger partial charge in [-0.25, -0.2) is 9.97 Å². The van der Waals surface area contributed by atoms with Crippen LogP contribution in [0.25, 0.3) is 0 Å². The van der Waals surface area contributed by atoms with E-state index in [2.05, 4.69) is 9.97 Å². The van der Waals surface area contributed by atoms with Gasteiger partial charge in [-0.1, -0.05) is 0 Å². The van der Waals surface area contributed by atoms with E-state index in [1.165, 1.54) is 18.0 Å². The topological polar surface area (TPSA) is 84.8 Å². The number of hydrogen-bond donors (Lipinski definition) is 1. The fourth-order valence-electron chi connectivity index (χ4n) is 1.26. The Labute approximate surface area is 109 Å². The lowest BCUT2D eigenvalue weighted by Crippen LogP contribution is -1.97. The lowest BCUT2D eigenvalue weighted by atomic mass is 10.3. The van der Waals surface area contributed by atoms with E-state index in [-0.39, 0.29) is 11.4 Å². The van der Waals surface area contributed by atoms with Crippen molar-refractivity contribution in [2.24, 2.45) is 0 Å². The number of methoxy groups -OCH3 is 1. The summed E-state index contributed by atoms with van der Waals surface area (Å²) in [6, 6.07) is 9.45. The molecule has 18 heavy (non-hydrogen) atoms. The summed E-state index contributed by atoms with van der Waals surface area (Å²) in [5, 5.41) is 9.24. The van der Waals surface area contributed by atoms with Gasteiger partial charge in [0, 0.05) is 4.90 Å². The number of rotatable bonds is 3. The molecule has 0 amide bonds. The molecule has 0 radical (unpaired) electrons. The summed E-state index contributed by atoms with van der Waals surface area (Å²) in [6.45, 7) is 0. The smallest absolute Gasteiger partial charge is 0.194 e. The van der Waals surface area contributed by atoms with Gasteiger partial charge in [0.05, 0.1) is 13.3 Å². The zero-order valence-electron chi connectivity index (χ0n) is 9.62. The molecule has 0 saturated carbocycles. The fourth-order valence-corrected chi connectivity index (χ4v) is 1.99. The summed E-state index contributed by atoms with van der Waals surface area (Å²) < 4.78 is 5.07. The van der Waals surface area contributed by atoms with Gasteiger partial charge in [-0.2, -0.15) is 5.26 Å². The molecule has 1 aromatic heterocycles. The first kappa shape index (κ1) is 12.2. The molecule has 1 aromatic carbocycles. The molecule has 5 nitrogen and oxygen atoms in total. The molecule has 0 saturated heterocycles. The molecule has 0 aliphatic rings. The Morgan fingerprint density at radius 2 is 2.06 bits per heavy atom. The number of aromatic nitrogens is 2. The van der Waals surface area contributed by atoms with Gasteiger partial charge in [-0.05, 0) is 36.0 Å². The van der Waals surface area contributed by atoms with Crippen LogP contribution in [0.3, 0.4) is 0 Å². The predicted octanol–water partition coefficient (Wildman–Crippen LogP) is 2.09. The fraction of sp³-hybridized carbons (Fsp3) is 0.0833. The van der Waals surface area contributed by atoms with Crippen molar-refractivity contribution in [2.45, 2.75) is 10.1 Å². The first-order valence-corrected chi connectivity index (χ1v) is 5.89. The second-order valence-electron chi connectivity index (χ2n) is 3.34. The highest BCUT2D eigenvalue weighted by molar-refractivity contribution is 7.99. The Kier molecular flexibility index (Phi) is 3.65. The molecule has 0 aliphatic heterocycles. The predicted molar refractivity (Wildman–Crippen MR) is 68.3 cm³/mol. The lowest BCUT2D eigenvalue weighted by Gasteiger charge is -2.03. The van der Waals surface area contributed by atoms with Crippen LogP contribution in [0.4, 0.5) is 5.82 Å². The van der Waals surface area contributed by atoms with Gasteiger partial charge in [0.25, 0.3) is 0 Å². The Bertz CT molecular complexity index is 592. The third-order valence-corrected chi connectivity index (χ3v) is 3.07. The first-order valence-electron chi connectivity index (χ1n) is 5.07. The molecule has 0 spiro atoms. The summed E-state index contributed by atoms with van der Waals surface area (Å²) in [6.07, 6.45) is 1.42. The maximum absolute atomic E-state index is 8.73. The molecule has 2 N–H and O–H groups in total. The van der Waals surface area contributed by atoms with Crippen LogP contribution in [0, 0.1) is 11.3 Å². The van der Waals surface area contributed by atoms with Crippen LogP contribution in [0.1, 0.15) is 5.56 Å². The maximum Gasteiger partial charge on any atom is 0.194 e. The number of hydrogen-bond acceptors (Lipinski definition) is 6. The van der Waals surface area contributed by atoms with Gasteiger partial charge in [-0.3, -0.25) is 0 Å². The molecule has 0 atom stereocenters. The summed E-state index contributed by atoms with van der Waals surface area (Å²) in [4.78, 5) is 9.10. The van der Waals surface area contributed by atoms with Crippen molar-refractivity contribution < 1.29 is 4.74 Å². The van der Waals surface area contributed by atoms with Crippen LogP contribution in [0.5, 0.6) is 5.75 Å². The highest BCUT2D eigenvalue weighted by atomic mass is 32.2. The second kappa shape index (κ2) is 5.38.